The van der Waals surface area contributed by atoms with Crippen molar-refractivity contribution in [1.29, 1.82) is 0 Å². The van der Waals surface area contributed by atoms with E-state index in [4.69, 9.17) is 28.8 Å². The zero-order valence-electron chi connectivity index (χ0n) is 29.3. The van der Waals surface area contributed by atoms with Crippen molar-refractivity contribution in [2.24, 2.45) is 0 Å². The fraction of sp³-hybridized carbons (Fsp3) is 0. The first-order valence-electron chi connectivity index (χ1n) is 18.1. The van der Waals surface area contributed by atoms with Gasteiger partial charge in [0.05, 0.1) is 12.4 Å². The molecule has 0 radical (unpaired) electrons. The van der Waals surface area contributed by atoms with Gasteiger partial charge in [0.25, 0.3) is 0 Å². The molecule has 0 saturated heterocycles. The van der Waals surface area contributed by atoms with E-state index in [1.165, 1.54) is 32.7 Å². The highest BCUT2D eigenvalue weighted by atomic mass is 16.4. The number of oxazole rings is 2. The van der Waals surface area contributed by atoms with Crippen molar-refractivity contribution >= 4 is 71.8 Å². The van der Waals surface area contributed by atoms with Gasteiger partial charge in [-0.3, -0.25) is 4.90 Å². The summed E-state index contributed by atoms with van der Waals surface area (Å²) in [4.78, 5) is 21.5. The quantitative estimate of drug-likeness (QED) is 0.159. The summed E-state index contributed by atoms with van der Waals surface area (Å²) in [6, 6.07) is 56.3. The second-order valence-electron chi connectivity index (χ2n) is 13.6. The van der Waals surface area contributed by atoms with E-state index in [-0.39, 0.29) is 0 Å². The van der Waals surface area contributed by atoms with Gasteiger partial charge in [0.15, 0.2) is 11.2 Å². The summed E-state index contributed by atoms with van der Waals surface area (Å²) in [5.74, 6) is 2.36. The van der Waals surface area contributed by atoms with Gasteiger partial charge in [0, 0.05) is 28.9 Å². The number of pyridine rings is 2. The number of anilines is 3. The molecule has 0 saturated carbocycles. The van der Waals surface area contributed by atoms with Crippen LogP contribution >= 0.6 is 0 Å². The summed E-state index contributed by atoms with van der Waals surface area (Å²) in [6.45, 7) is 0. The monoisotopic (exact) mass is 707 g/mol. The fourth-order valence-electron chi connectivity index (χ4n) is 7.43. The molecule has 0 bridgehead atoms. The maximum Gasteiger partial charge on any atom is 0.227 e. The largest absolute Gasteiger partial charge is 0.434 e. The van der Waals surface area contributed by atoms with Crippen molar-refractivity contribution in [1.82, 2.24) is 19.9 Å². The number of hydrogen-bond donors (Lipinski definition) is 0. The van der Waals surface area contributed by atoms with Crippen LogP contribution in [0.15, 0.2) is 185 Å². The lowest BCUT2D eigenvalue weighted by molar-refractivity contribution is 0.618. The second kappa shape index (κ2) is 12.5. The highest BCUT2D eigenvalue weighted by Crippen LogP contribution is 2.39. The van der Waals surface area contributed by atoms with E-state index >= 15 is 0 Å². The summed E-state index contributed by atoms with van der Waals surface area (Å²) in [5.41, 5.74) is 7.66. The Balaban J connectivity index is 1.03. The highest BCUT2D eigenvalue weighted by Gasteiger charge is 2.21. The third-order valence-electron chi connectivity index (χ3n) is 10.2. The molecule has 4 heterocycles. The average Bonchev–Trinajstić information content (AvgIpc) is 3.88. The Hall–Kier alpha value is -7.64. The Morgan fingerprint density at radius 3 is 1.49 bits per heavy atom. The van der Waals surface area contributed by atoms with Crippen molar-refractivity contribution in [2.75, 3.05) is 4.90 Å². The minimum atomic E-state index is 0.540. The van der Waals surface area contributed by atoms with Gasteiger partial charge in [0.2, 0.25) is 11.8 Å². The van der Waals surface area contributed by atoms with Crippen molar-refractivity contribution in [3.8, 4) is 34.0 Å². The summed E-state index contributed by atoms with van der Waals surface area (Å²) in [7, 11) is 0. The lowest BCUT2D eigenvalue weighted by atomic mass is 9.96. The number of hydrogen-bond acceptors (Lipinski definition) is 7. The molecular formula is C48H29N5O2. The van der Waals surface area contributed by atoms with Gasteiger partial charge in [0.1, 0.15) is 22.7 Å². The topological polar surface area (TPSA) is 81.1 Å². The minimum absolute atomic E-state index is 0.540. The van der Waals surface area contributed by atoms with Crippen LogP contribution in [0.3, 0.4) is 0 Å². The molecule has 7 heteroatoms. The Morgan fingerprint density at radius 2 is 0.873 bits per heavy atom. The van der Waals surface area contributed by atoms with E-state index in [0.29, 0.717) is 45.6 Å². The number of benzene rings is 7. The molecule has 0 fully saturated rings. The van der Waals surface area contributed by atoms with Gasteiger partial charge >= 0.3 is 0 Å². The first kappa shape index (κ1) is 30.9. The molecule has 0 amide bonds. The molecule has 0 N–H and O–H groups in total. The Bertz CT molecular complexity index is 3110. The van der Waals surface area contributed by atoms with Crippen LogP contribution in [0.25, 0.3) is 88.6 Å². The van der Waals surface area contributed by atoms with Crippen LogP contribution in [-0.2, 0) is 0 Å². The Morgan fingerprint density at radius 1 is 0.382 bits per heavy atom. The molecule has 55 heavy (non-hydrogen) atoms. The van der Waals surface area contributed by atoms with Gasteiger partial charge in [-0.05, 0) is 92.0 Å². The molecule has 258 valence electrons. The first-order valence-corrected chi connectivity index (χ1v) is 18.1. The molecule has 11 aromatic rings. The standard InChI is InChI=1S/C48H29N5O2/c1-3-10-31(11-4-1)47-51-41-26-45(49-28-43(41)54-47)53(46-27-42-44(29-50-46)55-48(52-42)32-12-5-2-6-13-32)38-20-22-40-37(25-38)18-17-36-24-35(19-21-39(36)40)34-16-15-30-9-7-8-14-33(30)23-34/h1-29H. The third kappa shape index (κ3) is 5.45. The van der Waals surface area contributed by atoms with Crippen LogP contribution in [-0.4, -0.2) is 19.9 Å². The molecule has 7 aromatic carbocycles. The van der Waals surface area contributed by atoms with Crippen LogP contribution < -0.4 is 4.90 Å². The molecule has 0 aliphatic carbocycles. The Kier molecular flexibility index (Phi) is 7.03. The average molecular weight is 708 g/mol. The molecule has 0 spiro atoms. The third-order valence-corrected chi connectivity index (χ3v) is 10.2. The predicted octanol–water partition coefficient (Wildman–Crippen LogP) is 12.7. The number of fused-ring (bicyclic) bond motifs is 6. The first-order chi connectivity index (χ1) is 27.2. The summed E-state index contributed by atoms with van der Waals surface area (Å²) < 4.78 is 12.3. The van der Waals surface area contributed by atoms with Crippen molar-refractivity contribution in [3.63, 3.8) is 0 Å². The maximum absolute atomic E-state index is 6.13. The predicted molar refractivity (Wildman–Crippen MR) is 221 cm³/mol. The van der Waals surface area contributed by atoms with E-state index in [2.05, 4.69) is 91.0 Å². The number of rotatable bonds is 6. The molecule has 11 rings (SSSR count). The van der Waals surface area contributed by atoms with Gasteiger partial charge < -0.3 is 8.83 Å². The number of nitrogens with zero attached hydrogens (tertiary/aromatic N) is 5. The molecular weight excluding hydrogens is 679 g/mol. The lowest BCUT2D eigenvalue weighted by Crippen LogP contribution is -2.13. The van der Waals surface area contributed by atoms with Crippen molar-refractivity contribution in [3.05, 3.63) is 176 Å². The van der Waals surface area contributed by atoms with Gasteiger partial charge in [-0.25, -0.2) is 19.9 Å². The van der Waals surface area contributed by atoms with E-state index < -0.39 is 0 Å². The molecule has 4 aromatic heterocycles. The van der Waals surface area contributed by atoms with Gasteiger partial charge in [-0.15, -0.1) is 0 Å². The van der Waals surface area contributed by atoms with Crippen molar-refractivity contribution < 1.29 is 8.83 Å². The van der Waals surface area contributed by atoms with Gasteiger partial charge in [-0.1, -0.05) is 103 Å². The van der Waals surface area contributed by atoms with E-state index in [1.807, 2.05) is 77.7 Å². The Labute approximate surface area is 314 Å². The fourth-order valence-corrected chi connectivity index (χ4v) is 7.43. The lowest BCUT2D eigenvalue weighted by Gasteiger charge is -2.23. The van der Waals surface area contributed by atoms with Crippen LogP contribution in [0.4, 0.5) is 17.3 Å². The second-order valence-corrected chi connectivity index (χ2v) is 13.6. The molecule has 0 atom stereocenters. The summed E-state index contributed by atoms with van der Waals surface area (Å²) in [5, 5.41) is 7.10. The smallest absolute Gasteiger partial charge is 0.227 e. The molecule has 0 aliphatic heterocycles. The van der Waals surface area contributed by atoms with Crippen LogP contribution in [0.1, 0.15) is 0 Å². The SMILES string of the molecule is c1ccc(-c2nc3cc(N(c4ccc5c(ccc6cc(-c7ccc8ccccc8c7)ccc65)c4)c4cc5nc(-c6ccccc6)oc5cn4)ncc3o2)cc1. The van der Waals surface area contributed by atoms with E-state index in [0.717, 1.165) is 27.6 Å². The number of aromatic nitrogens is 4. The van der Waals surface area contributed by atoms with E-state index in [1.54, 1.807) is 12.4 Å². The van der Waals surface area contributed by atoms with Crippen molar-refractivity contribution in [2.45, 2.75) is 0 Å². The molecule has 0 aliphatic rings. The zero-order valence-corrected chi connectivity index (χ0v) is 29.3. The normalized spacial score (nSPS) is 11.6. The maximum atomic E-state index is 6.13. The minimum Gasteiger partial charge on any atom is -0.434 e. The van der Waals surface area contributed by atoms with Gasteiger partial charge in [-0.2, -0.15) is 0 Å². The molecule has 0 unspecified atom stereocenters. The summed E-state index contributed by atoms with van der Waals surface area (Å²) >= 11 is 0. The van der Waals surface area contributed by atoms with E-state index in [9.17, 15) is 0 Å². The zero-order chi connectivity index (χ0) is 36.3. The molecule has 7 nitrogen and oxygen atoms in total. The van der Waals surface area contributed by atoms with Crippen LogP contribution in [0.5, 0.6) is 0 Å². The van der Waals surface area contributed by atoms with Crippen LogP contribution in [0.2, 0.25) is 0 Å². The highest BCUT2D eigenvalue weighted by molar-refractivity contribution is 6.09. The summed E-state index contributed by atoms with van der Waals surface area (Å²) in [6.07, 6.45) is 3.45. The van der Waals surface area contributed by atoms with Crippen LogP contribution in [0, 0.1) is 0 Å².